The summed E-state index contributed by atoms with van der Waals surface area (Å²) in [5, 5.41) is 31.8. The smallest absolute Gasteiger partial charge is 0.342 e. The quantitative estimate of drug-likeness (QED) is 0.654. The highest BCUT2D eigenvalue weighted by Gasteiger charge is 2.28. The molecule has 0 aliphatic heterocycles. The second kappa shape index (κ2) is 5.13. The van der Waals surface area contributed by atoms with E-state index in [1.165, 1.54) is 30.0 Å². The maximum absolute atomic E-state index is 11.1. The van der Waals surface area contributed by atoms with Gasteiger partial charge in [0, 0.05) is 11.0 Å². The molecule has 1 fully saturated rings. The Balaban J connectivity index is 1.92. The molecule has 9 nitrogen and oxygen atoms in total. The van der Waals surface area contributed by atoms with E-state index in [1.54, 1.807) is 4.68 Å². The third-order valence-corrected chi connectivity index (χ3v) is 3.90. The maximum Gasteiger partial charge on any atom is 0.342 e. The van der Waals surface area contributed by atoms with E-state index in [0.29, 0.717) is 16.1 Å². The molecule has 1 aromatic heterocycles. The molecule has 10 heteroatoms. The van der Waals surface area contributed by atoms with Gasteiger partial charge in [-0.2, -0.15) is 0 Å². The van der Waals surface area contributed by atoms with Crippen LogP contribution in [0.1, 0.15) is 29.2 Å². The first kappa shape index (κ1) is 13.5. The summed E-state index contributed by atoms with van der Waals surface area (Å²) in [7, 11) is 0. The van der Waals surface area contributed by atoms with Gasteiger partial charge in [0.25, 0.3) is 5.69 Å². The van der Waals surface area contributed by atoms with Gasteiger partial charge in [-0.1, -0.05) is 0 Å². The van der Waals surface area contributed by atoms with Crippen molar-refractivity contribution in [3.63, 3.8) is 0 Å². The van der Waals surface area contributed by atoms with Crippen LogP contribution in [0.5, 0.6) is 0 Å². The first-order valence-electron chi connectivity index (χ1n) is 6.03. The Bertz CT molecular complexity index is 727. The van der Waals surface area contributed by atoms with Gasteiger partial charge in [-0.25, -0.2) is 9.48 Å². The Kier molecular flexibility index (Phi) is 3.29. The fourth-order valence-corrected chi connectivity index (χ4v) is 2.70. The van der Waals surface area contributed by atoms with Gasteiger partial charge >= 0.3 is 5.97 Å². The molecule has 0 amide bonds. The molecule has 0 atom stereocenters. The van der Waals surface area contributed by atoms with Crippen molar-refractivity contribution in [2.24, 2.45) is 0 Å². The third-order valence-electron chi connectivity index (χ3n) is 2.96. The molecule has 0 saturated heterocycles. The normalized spacial score (nSPS) is 14.1. The summed E-state index contributed by atoms with van der Waals surface area (Å²) in [6.45, 7) is 0. The van der Waals surface area contributed by atoms with E-state index in [9.17, 15) is 14.9 Å². The lowest BCUT2D eigenvalue weighted by molar-refractivity contribution is -0.385. The first-order chi connectivity index (χ1) is 10.1. The summed E-state index contributed by atoms with van der Waals surface area (Å²) < 4.78 is 1.69. The number of nitro benzene ring substituents is 1. The van der Waals surface area contributed by atoms with Crippen molar-refractivity contribution < 1.29 is 14.8 Å². The second-order valence-corrected chi connectivity index (χ2v) is 5.52. The van der Waals surface area contributed by atoms with E-state index in [1.807, 2.05) is 0 Å². The van der Waals surface area contributed by atoms with Gasteiger partial charge in [-0.3, -0.25) is 10.1 Å². The number of carboxylic acid groups (broad SMARTS) is 1. The molecule has 0 bridgehead atoms. The summed E-state index contributed by atoms with van der Waals surface area (Å²) in [4.78, 5) is 21.7. The average molecular weight is 307 g/mol. The lowest BCUT2D eigenvalue weighted by Crippen LogP contribution is -2.03. The molecule has 0 unspecified atom stereocenters. The van der Waals surface area contributed by atoms with Crippen molar-refractivity contribution in [2.45, 2.75) is 28.9 Å². The molecule has 0 spiro atoms. The molecule has 1 aliphatic rings. The molecular formula is C11H9N5O4S. The van der Waals surface area contributed by atoms with E-state index in [-0.39, 0.29) is 5.56 Å². The van der Waals surface area contributed by atoms with Crippen LogP contribution in [0.2, 0.25) is 0 Å². The van der Waals surface area contributed by atoms with Crippen molar-refractivity contribution >= 4 is 23.4 Å². The zero-order chi connectivity index (χ0) is 15.0. The van der Waals surface area contributed by atoms with E-state index in [2.05, 4.69) is 15.5 Å². The van der Waals surface area contributed by atoms with Crippen molar-refractivity contribution in [3.8, 4) is 0 Å². The zero-order valence-corrected chi connectivity index (χ0v) is 11.4. The van der Waals surface area contributed by atoms with Crippen molar-refractivity contribution in [1.29, 1.82) is 0 Å². The van der Waals surface area contributed by atoms with Gasteiger partial charge in [0.05, 0.1) is 11.0 Å². The molecule has 1 saturated carbocycles. The minimum Gasteiger partial charge on any atom is -0.477 e. The summed E-state index contributed by atoms with van der Waals surface area (Å²) in [6.07, 6.45) is 2.03. The molecule has 21 heavy (non-hydrogen) atoms. The highest BCUT2D eigenvalue weighted by molar-refractivity contribution is 7.99. The Morgan fingerprint density at radius 2 is 2.24 bits per heavy atom. The Hall–Kier alpha value is -2.49. The number of aromatic nitrogens is 4. The molecule has 3 rings (SSSR count). The second-order valence-electron chi connectivity index (χ2n) is 4.48. The molecule has 2 aromatic rings. The highest BCUT2D eigenvalue weighted by atomic mass is 32.2. The van der Waals surface area contributed by atoms with E-state index >= 15 is 0 Å². The Labute approximate surface area is 122 Å². The standard InChI is InChI=1S/C11H9N5O4S/c17-10(18)8-5-7(3-4-9(8)16(19)20)21-11-12-13-14-15(11)6-1-2-6/h3-6H,1-2H2,(H,17,18). The van der Waals surface area contributed by atoms with Gasteiger partial charge in [0.15, 0.2) is 0 Å². The average Bonchev–Trinajstić information content (AvgIpc) is 3.19. The molecule has 1 aliphatic carbocycles. The Morgan fingerprint density at radius 3 is 2.86 bits per heavy atom. The van der Waals surface area contributed by atoms with Crippen LogP contribution in [-0.4, -0.2) is 36.2 Å². The van der Waals surface area contributed by atoms with Crippen LogP contribution in [-0.2, 0) is 0 Å². The number of tetrazole rings is 1. The topological polar surface area (TPSA) is 124 Å². The summed E-state index contributed by atoms with van der Waals surface area (Å²) in [5.74, 6) is -1.34. The van der Waals surface area contributed by atoms with Crippen LogP contribution < -0.4 is 0 Å². The van der Waals surface area contributed by atoms with E-state index < -0.39 is 16.6 Å². The number of hydrogen-bond donors (Lipinski definition) is 1. The van der Waals surface area contributed by atoms with Crippen LogP contribution >= 0.6 is 11.8 Å². The SMILES string of the molecule is O=C(O)c1cc(Sc2nnnn2C2CC2)ccc1[N+](=O)[O-]. The molecule has 1 aromatic carbocycles. The molecule has 1 N–H and O–H groups in total. The number of carbonyl (C=O) groups is 1. The largest absolute Gasteiger partial charge is 0.477 e. The molecule has 108 valence electrons. The minimum absolute atomic E-state index is 0.291. The van der Waals surface area contributed by atoms with Crippen molar-refractivity contribution in [1.82, 2.24) is 20.2 Å². The fourth-order valence-electron chi connectivity index (χ4n) is 1.82. The first-order valence-corrected chi connectivity index (χ1v) is 6.85. The highest BCUT2D eigenvalue weighted by Crippen LogP contribution is 2.38. The minimum atomic E-state index is -1.34. The van der Waals surface area contributed by atoms with Gasteiger partial charge < -0.3 is 5.11 Å². The molecule has 1 heterocycles. The lowest BCUT2D eigenvalue weighted by atomic mass is 10.2. The Morgan fingerprint density at radius 1 is 1.48 bits per heavy atom. The lowest BCUT2D eigenvalue weighted by Gasteiger charge is -2.04. The number of carboxylic acids is 1. The van der Waals surface area contributed by atoms with Crippen LogP contribution in [0, 0.1) is 10.1 Å². The van der Waals surface area contributed by atoms with E-state index in [4.69, 9.17) is 5.11 Å². The van der Waals surface area contributed by atoms with Gasteiger partial charge in [0.1, 0.15) is 5.56 Å². The predicted molar refractivity (Wildman–Crippen MR) is 70.3 cm³/mol. The number of aromatic carboxylic acids is 1. The summed E-state index contributed by atoms with van der Waals surface area (Å²) in [5.41, 5.74) is -0.788. The molecular weight excluding hydrogens is 298 g/mol. The molecule has 0 radical (unpaired) electrons. The number of benzene rings is 1. The van der Waals surface area contributed by atoms with Crippen LogP contribution in [0.25, 0.3) is 0 Å². The van der Waals surface area contributed by atoms with Crippen LogP contribution in [0.4, 0.5) is 5.69 Å². The van der Waals surface area contributed by atoms with Crippen molar-refractivity contribution in [3.05, 3.63) is 33.9 Å². The van der Waals surface area contributed by atoms with Crippen molar-refractivity contribution in [2.75, 3.05) is 0 Å². The van der Waals surface area contributed by atoms with Crippen LogP contribution in [0.3, 0.4) is 0 Å². The number of nitro groups is 1. The number of hydrogen-bond acceptors (Lipinski definition) is 7. The van der Waals surface area contributed by atoms with Crippen LogP contribution in [0.15, 0.2) is 28.3 Å². The maximum atomic E-state index is 11.1. The number of rotatable bonds is 5. The predicted octanol–water partition coefficient (Wildman–Crippen LogP) is 1.77. The summed E-state index contributed by atoms with van der Waals surface area (Å²) >= 11 is 1.18. The van der Waals surface area contributed by atoms with E-state index in [0.717, 1.165) is 12.8 Å². The van der Waals surface area contributed by atoms with Gasteiger partial charge in [-0.15, -0.1) is 5.10 Å². The van der Waals surface area contributed by atoms with Gasteiger partial charge in [0.2, 0.25) is 5.16 Å². The third kappa shape index (κ3) is 2.70. The monoisotopic (exact) mass is 307 g/mol. The summed E-state index contributed by atoms with van der Waals surface area (Å²) in [6, 6.07) is 4.22. The van der Waals surface area contributed by atoms with Gasteiger partial charge in [-0.05, 0) is 47.2 Å². The fraction of sp³-hybridized carbons (Fsp3) is 0.273. The number of nitrogens with zero attached hydrogens (tertiary/aromatic N) is 5. The zero-order valence-electron chi connectivity index (χ0n) is 10.5.